The van der Waals surface area contributed by atoms with Gasteiger partial charge in [-0.2, -0.15) is 5.10 Å². The highest BCUT2D eigenvalue weighted by Crippen LogP contribution is 2.34. The van der Waals surface area contributed by atoms with Crippen molar-refractivity contribution < 1.29 is 14.3 Å². The van der Waals surface area contributed by atoms with E-state index < -0.39 is 6.04 Å². The Morgan fingerprint density at radius 2 is 1.70 bits per heavy atom. The maximum Gasteiger partial charge on any atom is 0.267 e. The minimum atomic E-state index is -0.445. The van der Waals surface area contributed by atoms with E-state index in [1.165, 1.54) is 5.56 Å². The first-order valence-electron chi connectivity index (χ1n) is 10.4. The van der Waals surface area contributed by atoms with Crippen molar-refractivity contribution in [3.05, 3.63) is 66.2 Å². The number of hydrogen-bond donors (Lipinski definition) is 1. The molecule has 4 rings (SSSR count). The van der Waals surface area contributed by atoms with E-state index in [4.69, 9.17) is 4.74 Å². The van der Waals surface area contributed by atoms with Crippen molar-refractivity contribution in [1.29, 1.82) is 0 Å². The Morgan fingerprint density at radius 3 is 2.33 bits per heavy atom. The molecule has 2 heterocycles. The molecule has 0 aliphatic carbocycles. The minimum absolute atomic E-state index is 0.00409. The van der Waals surface area contributed by atoms with Gasteiger partial charge >= 0.3 is 0 Å². The average molecular weight is 405 g/mol. The third-order valence-corrected chi connectivity index (χ3v) is 6.09. The Bertz CT molecular complexity index is 921. The van der Waals surface area contributed by atoms with Gasteiger partial charge in [0.1, 0.15) is 11.8 Å². The second-order valence-corrected chi connectivity index (χ2v) is 8.00. The van der Waals surface area contributed by atoms with E-state index in [-0.39, 0.29) is 17.1 Å². The zero-order valence-corrected chi connectivity index (χ0v) is 17.2. The van der Waals surface area contributed by atoms with Gasteiger partial charge < -0.3 is 10.1 Å². The number of hydrazone groups is 1. The minimum Gasteiger partial charge on any atom is -0.381 e. The summed E-state index contributed by atoms with van der Waals surface area (Å²) in [6.45, 7) is 3.43. The molecule has 0 radical (unpaired) electrons. The maximum absolute atomic E-state index is 13.0. The number of rotatable bonds is 6. The van der Waals surface area contributed by atoms with Crippen LogP contribution in [0.4, 0.5) is 5.69 Å². The van der Waals surface area contributed by atoms with Crippen LogP contribution >= 0.6 is 0 Å². The Morgan fingerprint density at radius 1 is 1.07 bits per heavy atom. The van der Waals surface area contributed by atoms with Crippen LogP contribution in [0.15, 0.2) is 65.8 Å². The van der Waals surface area contributed by atoms with Crippen LogP contribution in [0, 0.1) is 0 Å². The molecule has 2 aliphatic heterocycles. The summed E-state index contributed by atoms with van der Waals surface area (Å²) in [6.07, 6.45) is 2.03. The van der Waals surface area contributed by atoms with Gasteiger partial charge in [-0.15, -0.1) is 0 Å². The van der Waals surface area contributed by atoms with Gasteiger partial charge in [0, 0.05) is 31.6 Å². The average Bonchev–Trinajstić information content (AvgIpc) is 3.25. The van der Waals surface area contributed by atoms with Crippen molar-refractivity contribution in [2.75, 3.05) is 24.8 Å². The third-order valence-electron chi connectivity index (χ3n) is 6.09. The van der Waals surface area contributed by atoms with Crippen LogP contribution in [-0.4, -0.2) is 43.2 Å². The molecule has 1 amide bonds. The summed E-state index contributed by atoms with van der Waals surface area (Å²) in [7, 11) is 0. The summed E-state index contributed by atoms with van der Waals surface area (Å²) < 4.78 is 5.58. The van der Waals surface area contributed by atoms with Crippen LogP contribution in [0.1, 0.15) is 31.7 Å². The highest BCUT2D eigenvalue weighted by molar-refractivity contribution is 6.40. The lowest BCUT2D eigenvalue weighted by Gasteiger charge is -2.38. The smallest absolute Gasteiger partial charge is 0.267 e. The Kier molecular flexibility index (Phi) is 5.95. The SMILES string of the molecule is CC(=O)C1CC(C(=O)NCC2(c3ccccc3)CCOCC2)=NN1c1ccccc1. The molecule has 1 fully saturated rings. The maximum atomic E-state index is 13.0. The highest BCUT2D eigenvalue weighted by atomic mass is 16.5. The van der Waals surface area contributed by atoms with Crippen LogP contribution in [0.2, 0.25) is 0 Å². The molecular formula is C24H27N3O3. The number of hydrogen-bond acceptors (Lipinski definition) is 5. The summed E-state index contributed by atoms with van der Waals surface area (Å²) >= 11 is 0. The second-order valence-electron chi connectivity index (χ2n) is 8.00. The van der Waals surface area contributed by atoms with E-state index in [0.29, 0.717) is 31.9 Å². The van der Waals surface area contributed by atoms with Gasteiger partial charge in [-0.05, 0) is 37.5 Å². The van der Waals surface area contributed by atoms with Gasteiger partial charge in [0.15, 0.2) is 5.78 Å². The number of nitrogens with zero attached hydrogens (tertiary/aromatic N) is 2. The van der Waals surface area contributed by atoms with E-state index in [9.17, 15) is 9.59 Å². The molecule has 1 atom stereocenters. The summed E-state index contributed by atoms with van der Waals surface area (Å²) in [5, 5.41) is 9.28. The largest absolute Gasteiger partial charge is 0.381 e. The number of ketones is 1. The number of Topliss-reactive ketones (excluding diaryl/α,β-unsaturated/α-hetero) is 1. The molecule has 2 aromatic rings. The molecule has 6 heteroatoms. The number of amides is 1. The fourth-order valence-corrected chi connectivity index (χ4v) is 4.26. The number of benzene rings is 2. The standard InChI is InChI=1S/C24H27N3O3/c1-18(28)22-16-21(26-27(22)20-10-6-3-7-11-20)23(29)25-17-24(12-14-30-15-13-24)19-8-4-2-5-9-19/h2-11,22H,12-17H2,1H3,(H,25,29). The van der Waals surface area contributed by atoms with Crippen LogP contribution in [0.25, 0.3) is 0 Å². The number of ether oxygens (including phenoxy) is 1. The van der Waals surface area contributed by atoms with Gasteiger partial charge in [-0.25, -0.2) is 0 Å². The monoisotopic (exact) mass is 405 g/mol. The Hall–Kier alpha value is -2.99. The molecule has 0 saturated carbocycles. The van der Waals surface area contributed by atoms with E-state index in [1.54, 1.807) is 11.9 Å². The van der Waals surface area contributed by atoms with Crippen molar-refractivity contribution in [3.63, 3.8) is 0 Å². The molecule has 2 aliphatic rings. The van der Waals surface area contributed by atoms with Gasteiger partial charge in [0.2, 0.25) is 0 Å². The van der Waals surface area contributed by atoms with Crippen molar-refractivity contribution in [2.24, 2.45) is 5.10 Å². The van der Waals surface area contributed by atoms with E-state index in [2.05, 4.69) is 22.6 Å². The third kappa shape index (κ3) is 4.14. The molecule has 1 unspecified atom stereocenters. The van der Waals surface area contributed by atoms with Crippen LogP contribution < -0.4 is 10.3 Å². The predicted octanol–water partition coefficient (Wildman–Crippen LogP) is 3.07. The first kappa shape index (κ1) is 20.3. The lowest BCUT2D eigenvalue weighted by molar-refractivity contribution is -0.118. The molecule has 156 valence electrons. The summed E-state index contributed by atoms with van der Waals surface area (Å²) in [5.74, 6) is -0.211. The van der Waals surface area contributed by atoms with Crippen LogP contribution in [0.3, 0.4) is 0 Å². The normalized spacial score (nSPS) is 20.5. The first-order valence-corrected chi connectivity index (χ1v) is 10.4. The molecular weight excluding hydrogens is 378 g/mol. The van der Waals surface area contributed by atoms with E-state index >= 15 is 0 Å². The molecule has 30 heavy (non-hydrogen) atoms. The molecule has 1 saturated heterocycles. The fourth-order valence-electron chi connectivity index (χ4n) is 4.26. The fraction of sp³-hybridized carbons (Fsp3) is 0.375. The second kappa shape index (κ2) is 8.79. The van der Waals surface area contributed by atoms with E-state index in [0.717, 1.165) is 18.5 Å². The van der Waals surface area contributed by atoms with Crippen LogP contribution in [-0.2, 0) is 19.7 Å². The topological polar surface area (TPSA) is 71.0 Å². The van der Waals surface area contributed by atoms with E-state index in [1.807, 2.05) is 48.5 Å². The van der Waals surface area contributed by atoms with Crippen LogP contribution in [0.5, 0.6) is 0 Å². The molecule has 0 aromatic heterocycles. The quantitative estimate of drug-likeness (QED) is 0.802. The van der Waals surface area contributed by atoms with Gasteiger partial charge in [-0.1, -0.05) is 48.5 Å². The van der Waals surface area contributed by atoms with Gasteiger partial charge in [-0.3, -0.25) is 14.6 Å². The number of anilines is 1. The van der Waals surface area contributed by atoms with Crippen molar-refractivity contribution in [1.82, 2.24) is 5.32 Å². The van der Waals surface area contributed by atoms with Crippen molar-refractivity contribution in [2.45, 2.75) is 37.6 Å². The van der Waals surface area contributed by atoms with Crippen molar-refractivity contribution >= 4 is 23.1 Å². The molecule has 0 spiro atoms. The molecule has 2 aromatic carbocycles. The van der Waals surface area contributed by atoms with Gasteiger partial charge in [0.05, 0.1) is 5.69 Å². The van der Waals surface area contributed by atoms with Gasteiger partial charge in [0.25, 0.3) is 5.91 Å². The lowest BCUT2D eigenvalue weighted by atomic mass is 9.74. The summed E-state index contributed by atoms with van der Waals surface area (Å²) in [6, 6.07) is 19.4. The Labute approximate surface area is 176 Å². The summed E-state index contributed by atoms with van der Waals surface area (Å²) in [5.41, 5.74) is 2.28. The zero-order chi connectivity index (χ0) is 21.0. The zero-order valence-electron chi connectivity index (χ0n) is 17.2. The highest BCUT2D eigenvalue weighted by Gasteiger charge is 2.37. The molecule has 6 nitrogen and oxygen atoms in total. The number of carbonyl (C=O) groups is 2. The summed E-state index contributed by atoms with van der Waals surface area (Å²) in [4.78, 5) is 25.2. The first-order chi connectivity index (χ1) is 14.6. The molecule has 1 N–H and O–H groups in total. The number of nitrogens with one attached hydrogen (secondary N) is 1. The molecule has 0 bridgehead atoms. The predicted molar refractivity (Wildman–Crippen MR) is 117 cm³/mol. The Balaban J connectivity index is 1.51. The van der Waals surface area contributed by atoms with Crippen molar-refractivity contribution in [3.8, 4) is 0 Å². The number of carbonyl (C=O) groups excluding carboxylic acids is 2. The lowest BCUT2D eigenvalue weighted by Crippen LogP contribution is -2.46. The number of para-hydroxylation sites is 1.